The Morgan fingerprint density at radius 3 is 2.64 bits per heavy atom. The molecule has 2 rings (SSSR count). The second-order valence-corrected chi connectivity index (χ2v) is 3.33. The minimum Gasteiger partial charge on any atom is -0.323 e. The van der Waals surface area contributed by atoms with E-state index in [1.165, 1.54) is 12.1 Å². The van der Waals surface area contributed by atoms with Gasteiger partial charge < -0.3 is 5.73 Å². The summed E-state index contributed by atoms with van der Waals surface area (Å²) >= 11 is 0. The van der Waals surface area contributed by atoms with Crippen molar-refractivity contribution in [1.29, 1.82) is 0 Å². The van der Waals surface area contributed by atoms with Gasteiger partial charge in [0.1, 0.15) is 5.82 Å². The number of hydrogen-bond acceptors (Lipinski definition) is 4. The van der Waals surface area contributed by atoms with Crippen molar-refractivity contribution in [2.75, 3.05) is 6.54 Å². The van der Waals surface area contributed by atoms with E-state index in [0.29, 0.717) is 0 Å². The van der Waals surface area contributed by atoms with Crippen LogP contribution in [0.2, 0.25) is 0 Å². The Labute approximate surface area is 81.6 Å². The largest absolute Gasteiger partial charge is 0.323 e. The maximum atomic E-state index is 12.6. The zero-order valence-electron chi connectivity index (χ0n) is 7.63. The Morgan fingerprint density at radius 1 is 1.36 bits per heavy atom. The molecule has 0 aliphatic carbocycles. The monoisotopic (exact) mass is 196 g/mol. The highest BCUT2D eigenvalue weighted by Crippen LogP contribution is 2.15. The van der Waals surface area contributed by atoms with Crippen LogP contribution in [0.4, 0.5) is 4.39 Å². The molecule has 1 aliphatic heterocycles. The molecule has 2 unspecified atom stereocenters. The molecule has 0 amide bonds. The quantitative estimate of drug-likeness (QED) is 0.529. The van der Waals surface area contributed by atoms with Crippen LogP contribution in [0, 0.1) is 5.82 Å². The van der Waals surface area contributed by atoms with E-state index in [2.05, 4.69) is 16.4 Å². The summed E-state index contributed by atoms with van der Waals surface area (Å²) in [6.45, 7) is 0.749. The van der Waals surface area contributed by atoms with Crippen molar-refractivity contribution in [3.8, 4) is 0 Å². The van der Waals surface area contributed by atoms with Crippen LogP contribution in [-0.4, -0.2) is 12.6 Å². The highest BCUT2D eigenvalue weighted by molar-refractivity contribution is 5.21. The van der Waals surface area contributed by atoms with Gasteiger partial charge in [-0.25, -0.2) is 15.2 Å². The molecule has 0 bridgehead atoms. The standard InChI is InChI=1S/C9H13FN4/c10-7-3-1-6(2-4-7)9(11)8-5-12-14-13-8/h1-4,8-9,12-14H,5,11H2. The average Bonchev–Trinajstić information content (AvgIpc) is 2.71. The lowest BCUT2D eigenvalue weighted by Crippen LogP contribution is -2.39. The van der Waals surface area contributed by atoms with Gasteiger partial charge in [0.15, 0.2) is 0 Å². The van der Waals surface area contributed by atoms with Gasteiger partial charge in [0.05, 0.1) is 6.04 Å². The van der Waals surface area contributed by atoms with Crippen LogP contribution in [0.15, 0.2) is 24.3 Å². The summed E-state index contributed by atoms with van der Waals surface area (Å²) in [5, 5.41) is 0. The van der Waals surface area contributed by atoms with Crippen LogP contribution >= 0.6 is 0 Å². The van der Waals surface area contributed by atoms with Gasteiger partial charge in [0, 0.05) is 12.6 Å². The van der Waals surface area contributed by atoms with Crippen LogP contribution in [0.3, 0.4) is 0 Å². The van der Waals surface area contributed by atoms with Gasteiger partial charge in [-0.2, -0.15) is 5.53 Å². The van der Waals surface area contributed by atoms with Crippen LogP contribution in [0.1, 0.15) is 11.6 Å². The molecule has 0 radical (unpaired) electrons. The molecule has 4 nitrogen and oxygen atoms in total. The molecule has 1 aromatic carbocycles. The number of nitrogens with two attached hydrogens (primary N) is 1. The second kappa shape index (κ2) is 4.02. The topological polar surface area (TPSA) is 62.1 Å². The first kappa shape index (κ1) is 9.54. The fourth-order valence-corrected chi connectivity index (χ4v) is 1.49. The van der Waals surface area contributed by atoms with E-state index in [1.54, 1.807) is 12.1 Å². The maximum absolute atomic E-state index is 12.6. The molecule has 1 aliphatic rings. The first-order valence-electron chi connectivity index (χ1n) is 4.52. The van der Waals surface area contributed by atoms with Crippen LogP contribution in [-0.2, 0) is 0 Å². The van der Waals surface area contributed by atoms with E-state index in [-0.39, 0.29) is 17.9 Å². The second-order valence-electron chi connectivity index (χ2n) is 3.33. The molecule has 14 heavy (non-hydrogen) atoms. The summed E-state index contributed by atoms with van der Waals surface area (Å²) in [5.41, 5.74) is 15.6. The molecule has 5 N–H and O–H groups in total. The first-order chi connectivity index (χ1) is 6.77. The van der Waals surface area contributed by atoms with Crippen LogP contribution < -0.4 is 22.1 Å². The third-order valence-electron chi connectivity index (χ3n) is 2.36. The predicted octanol–water partition coefficient (Wildman–Crippen LogP) is -0.194. The van der Waals surface area contributed by atoms with E-state index in [0.717, 1.165) is 12.1 Å². The average molecular weight is 196 g/mol. The lowest BCUT2D eigenvalue weighted by Gasteiger charge is -2.17. The highest BCUT2D eigenvalue weighted by Gasteiger charge is 2.22. The maximum Gasteiger partial charge on any atom is 0.123 e. The number of nitrogens with one attached hydrogen (secondary N) is 3. The predicted molar refractivity (Wildman–Crippen MR) is 51.4 cm³/mol. The van der Waals surface area contributed by atoms with Gasteiger partial charge in [-0.15, -0.1) is 0 Å². The summed E-state index contributed by atoms with van der Waals surface area (Å²) in [7, 11) is 0. The highest BCUT2D eigenvalue weighted by atomic mass is 19.1. The molecule has 0 aromatic heterocycles. The van der Waals surface area contributed by atoms with Crippen molar-refractivity contribution in [3.05, 3.63) is 35.6 Å². The lowest BCUT2D eigenvalue weighted by atomic mass is 10.0. The zero-order valence-corrected chi connectivity index (χ0v) is 7.63. The minimum atomic E-state index is -0.239. The van der Waals surface area contributed by atoms with Gasteiger partial charge in [0.25, 0.3) is 0 Å². The van der Waals surface area contributed by atoms with Gasteiger partial charge in [-0.1, -0.05) is 12.1 Å². The lowest BCUT2D eigenvalue weighted by molar-refractivity contribution is 0.481. The molecule has 1 saturated heterocycles. The Balaban J connectivity index is 2.09. The molecule has 1 aromatic rings. The van der Waals surface area contributed by atoms with E-state index >= 15 is 0 Å². The number of benzene rings is 1. The summed E-state index contributed by atoms with van der Waals surface area (Å²) < 4.78 is 12.6. The number of hydrogen-bond donors (Lipinski definition) is 4. The van der Waals surface area contributed by atoms with Crippen molar-refractivity contribution in [3.63, 3.8) is 0 Å². The summed E-state index contributed by atoms with van der Waals surface area (Å²) in [4.78, 5) is 0. The molecule has 0 saturated carbocycles. The van der Waals surface area contributed by atoms with Crippen molar-refractivity contribution in [2.24, 2.45) is 5.73 Å². The van der Waals surface area contributed by atoms with Crippen molar-refractivity contribution >= 4 is 0 Å². The van der Waals surface area contributed by atoms with Crippen LogP contribution in [0.25, 0.3) is 0 Å². The molecule has 76 valence electrons. The molecular weight excluding hydrogens is 183 g/mol. The SMILES string of the molecule is NC(c1ccc(F)cc1)C1CNNN1. The molecule has 0 spiro atoms. The third kappa shape index (κ3) is 1.91. The Morgan fingerprint density at radius 2 is 2.07 bits per heavy atom. The fourth-order valence-electron chi connectivity index (χ4n) is 1.49. The number of hydrazine groups is 2. The van der Waals surface area contributed by atoms with Gasteiger partial charge in [-0.05, 0) is 17.7 Å². The van der Waals surface area contributed by atoms with Crippen molar-refractivity contribution in [2.45, 2.75) is 12.1 Å². The molecule has 1 heterocycles. The van der Waals surface area contributed by atoms with Gasteiger partial charge in [-0.3, -0.25) is 0 Å². The Kier molecular flexibility index (Phi) is 2.74. The van der Waals surface area contributed by atoms with E-state index in [1.807, 2.05) is 0 Å². The van der Waals surface area contributed by atoms with Gasteiger partial charge >= 0.3 is 0 Å². The molecular formula is C9H13FN4. The van der Waals surface area contributed by atoms with Gasteiger partial charge in [0.2, 0.25) is 0 Å². The fraction of sp³-hybridized carbons (Fsp3) is 0.333. The Bertz CT molecular complexity index is 294. The zero-order chi connectivity index (χ0) is 9.97. The van der Waals surface area contributed by atoms with E-state index in [9.17, 15) is 4.39 Å². The third-order valence-corrected chi connectivity index (χ3v) is 2.36. The molecule has 1 fully saturated rings. The smallest absolute Gasteiger partial charge is 0.123 e. The van der Waals surface area contributed by atoms with E-state index in [4.69, 9.17) is 5.73 Å². The van der Waals surface area contributed by atoms with Crippen molar-refractivity contribution < 1.29 is 4.39 Å². The normalized spacial score (nSPS) is 23.7. The summed E-state index contributed by atoms with van der Waals surface area (Å²) in [6.07, 6.45) is 0. The van der Waals surface area contributed by atoms with E-state index < -0.39 is 0 Å². The summed E-state index contributed by atoms with van der Waals surface area (Å²) in [6, 6.07) is 6.24. The van der Waals surface area contributed by atoms with Crippen LogP contribution in [0.5, 0.6) is 0 Å². The molecule has 5 heteroatoms. The minimum absolute atomic E-state index is 0.125. The summed E-state index contributed by atoms with van der Waals surface area (Å²) in [5.74, 6) is -0.239. The van der Waals surface area contributed by atoms with Crippen molar-refractivity contribution in [1.82, 2.24) is 16.4 Å². The molecule has 2 atom stereocenters. The first-order valence-corrected chi connectivity index (χ1v) is 4.52. The Hall–Kier alpha value is -1.01. The number of rotatable bonds is 2. The number of halogens is 1.